The fraction of sp³-hybridized carbons (Fsp3) is 0.538. The Balaban J connectivity index is 2.06. The maximum absolute atomic E-state index is 9.56. The van der Waals surface area contributed by atoms with E-state index in [1.54, 1.807) is 6.33 Å². The molecule has 2 aromatic heterocycles. The fourth-order valence-corrected chi connectivity index (χ4v) is 2.90. The van der Waals surface area contributed by atoms with Gasteiger partial charge in [0.25, 0.3) is 0 Å². The Labute approximate surface area is 106 Å². The summed E-state index contributed by atoms with van der Waals surface area (Å²) in [5.74, 6) is 0.922. The van der Waals surface area contributed by atoms with E-state index < -0.39 is 0 Å². The first-order valence-corrected chi connectivity index (χ1v) is 6.26. The van der Waals surface area contributed by atoms with Crippen LogP contribution in [-0.2, 0) is 0 Å². The monoisotopic (exact) mass is 246 g/mol. The van der Waals surface area contributed by atoms with Crippen molar-refractivity contribution in [3.05, 3.63) is 18.6 Å². The van der Waals surface area contributed by atoms with Crippen molar-refractivity contribution in [3.63, 3.8) is 0 Å². The molecule has 1 saturated heterocycles. The summed E-state index contributed by atoms with van der Waals surface area (Å²) in [5, 5.41) is 10.6. The largest absolute Gasteiger partial charge is 0.394 e. The molecule has 18 heavy (non-hydrogen) atoms. The molecule has 5 heteroatoms. The van der Waals surface area contributed by atoms with E-state index in [2.05, 4.69) is 33.7 Å². The van der Waals surface area contributed by atoms with E-state index in [0.717, 1.165) is 29.8 Å². The van der Waals surface area contributed by atoms with Crippen molar-refractivity contribution in [2.45, 2.75) is 26.3 Å². The van der Waals surface area contributed by atoms with Gasteiger partial charge in [0, 0.05) is 12.7 Å². The second-order valence-electron chi connectivity index (χ2n) is 5.77. The lowest BCUT2D eigenvalue weighted by Crippen LogP contribution is -2.33. The maximum Gasteiger partial charge on any atom is 0.142 e. The first-order valence-electron chi connectivity index (χ1n) is 6.26. The zero-order chi connectivity index (χ0) is 12.8. The van der Waals surface area contributed by atoms with Crippen LogP contribution in [0.5, 0.6) is 0 Å². The van der Waals surface area contributed by atoms with Crippen molar-refractivity contribution in [1.29, 1.82) is 0 Å². The number of rotatable bonds is 2. The molecule has 0 amide bonds. The summed E-state index contributed by atoms with van der Waals surface area (Å²) in [6.45, 7) is 5.53. The molecule has 0 unspecified atom stereocenters. The molecule has 0 bridgehead atoms. The lowest BCUT2D eigenvalue weighted by molar-refractivity contribution is 0.255. The molecule has 2 N–H and O–H groups in total. The standard InChI is InChI=1S/C13H18N4O/c1-13(2)5-9(6-18)17(7-13)12-10-3-4-14-11(10)15-8-16-12/h3-4,8-9,18H,5-7H2,1-2H3,(H,14,15,16)/t9-/m0/s1. The van der Waals surface area contributed by atoms with Gasteiger partial charge in [-0.2, -0.15) is 0 Å². The third-order valence-electron chi connectivity index (χ3n) is 3.64. The first kappa shape index (κ1) is 11.5. The Hall–Kier alpha value is -1.62. The van der Waals surface area contributed by atoms with Crippen LogP contribution in [-0.4, -0.2) is 39.3 Å². The molecule has 3 rings (SSSR count). The fourth-order valence-electron chi connectivity index (χ4n) is 2.90. The second kappa shape index (κ2) is 3.95. The summed E-state index contributed by atoms with van der Waals surface area (Å²) in [6, 6.07) is 2.14. The van der Waals surface area contributed by atoms with Crippen LogP contribution in [0.3, 0.4) is 0 Å². The molecule has 1 fully saturated rings. The van der Waals surface area contributed by atoms with Crippen LogP contribution in [0.1, 0.15) is 20.3 Å². The highest BCUT2D eigenvalue weighted by Crippen LogP contribution is 2.38. The van der Waals surface area contributed by atoms with Gasteiger partial charge in [0.2, 0.25) is 0 Å². The quantitative estimate of drug-likeness (QED) is 0.844. The van der Waals surface area contributed by atoms with E-state index in [-0.39, 0.29) is 18.1 Å². The molecule has 1 aliphatic rings. The van der Waals surface area contributed by atoms with E-state index in [0.29, 0.717) is 0 Å². The summed E-state index contributed by atoms with van der Waals surface area (Å²) in [6.07, 6.45) is 4.44. The van der Waals surface area contributed by atoms with Gasteiger partial charge in [-0.25, -0.2) is 9.97 Å². The third kappa shape index (κ3) is 1.75. The van der Waals surface area contributed by atoms with Crippen LogP contribution in [0, 0.1) is 5.41 Å². The van der Waals surface area contributed by atoms with E-state index in [9.17, 15) is 5.11 Å². The number of anilines is 1. The summed E-state index contributed by atoms with van der Waals surface area (Å²) in [5.41, 5.74) is 1.06. The van der Waals surface area contributed by atoms with Crippen LogP contribution in [0.25, 0.3) is 11.0 Å². The summed E-state index contributed by atoms with van der Waals surface area (Å²) >= 11 is 0. The molecule has 5 nitrogen and oxygen atoms in total. The zero-order valence-corrected chi connectivity index (χ0v) is 10.7. The topological polar surface area (TPSA) is 65.0 Å². The predicted molar refractivity (Wildman–Crippen MR) is 70.5 cm³/mol. The minimum atomic E-state index is 0.146. The number of fused-ring (bicyclic) bond motifs is 1. The average Bonchev–Trinajstić information content (AvgIpc) is 2.91. The Morgan fingerprint density at radius 1 is 1.50 bits per heavy atom. The van der Waals surface area contributed by atoms with Gasteiger partial charge in [0.15, 0.2) is 0 Å². The van der Waals surface area contributed by atoms with Crippen molar-refractivity contribution < 1.29 is 5.11 Å². The molecule has 0 spiro atoms. The maximum atomic E-state index is 9.56. The molecule has 0 saturated carbocycles. The minimum absolute atomic E-state index is 0.146. The van der Waals surface area contributed by atoms with Crippen molar-refractivity contribution in [2.75, 3.05) is 18.1 Å². The molecule has 1 atom stereocenters. The number of H-pyrrole nitrogens is 1. The minimum Gasteiger partial charge on any atom is -0.394 e. The zero-order valence-electron chi connectivity index (χ0n) is 10.7. The van der Waals surface area contributed by atoms with Gasteiger partial charge in [-0.3, -0.25) is 0 Å². The number of hydrogen-bond acceptors (Lipinski definition) is 4. The lowest BCUT2D eigenvalue weighted by atomic mass is 9.91. The Morgan fingerprint density at radius 2 is 2.33 bits per heavy atom. The van der Waals surface area contributed by atoms with Crippen molar-refractivity contribution in [2.24, 2.45) is 5.41 Å². The van der Waals surface area contributed by atoms with E-state index in [1.807, 2.05) is 12.3 Å². The number of hydrogen-bond donors (Lipinski definition) is 2. The van der Waals surface area contributed by atoms with Crippen molar-refractivity contribution in [3.8, 4) is 0 Å². The van der Waals surface area contributed by atoms with Gasteiger partial charge in [0.05, 0.1) is 18.0 Å². The van der Waals surface area contributed by atoms with Crippen LogP contribution in [0.2, 0.25) is 0 Å². The highest BCUT2D eigenvalue weighted by atomic mass is 16.3. The first-order chi connectivity index (χ1) is 8.61. The van der Waals surface area contributed by atoms with Crippen molar-refractivity contribution in [1.82, 2.24) is 15.0 Å². The molecule has 2 aromatic rings. The summed E-state index contributed by atoms with van der Waals surface area (Å²) < 4.78 is 0. The SMILES string of the molecule is CC1(C)C[C@@H](CO)N(c2ncnc3[nH]ccc23)C1. The van der Waals surface area contributed by atoms with Gasteiger partial charge in [-0.1, -0.05) is 13.8 Å². The second-order valence-corrected chi connectivity index (χ2v) is 5.77. The lowest BCUT2D eigenvalue weighted by Gasteiger charge is -2.25. The number of aliphatic hydroxyl groups excluding tert-OH is 1. The van der Waals surface area contributed by atoms with Crippen LogP contribution < -0.4 is 4.90 Å². The molecule has 3 heterocycles. The normalized spacial score (nSPS) is 22.8. The smallest absolute Gasteiger partial charge is 0.142 e. The molecule has 0 aromatic carbocycles. The number of nitrogens with one attached hydrogen (secondary N) is 1. The van der Waals surface area contributed by atoms with E-state index in [4.69, 9.17) is 0 Å². The number of aliphatic hydroxyl groups is 1. The molecular weight excluding hydrogens is 228 g/mol. The van der Waals surface area contributed by atoms with Crippen LogP contribution in [0.15, 0.2) is 18.6 Å². The predicted octanol–water partition coefficient (Wildman–Crippen LogP) is 1.56. The van der Waals surface area contributed by atoms with E-state index in [1.165, 1.54) is 0 Å². The Morgan fingerprint density at radius 3 is 3.11 bits per heavy atom. The van der Waals surface area contributed by atoms with Crippen LogP contribution >= 0.6 is 0 Å². The highest BCUT2D eigenvalue weighted by molar-refractivity contribution is 5.87. The number of aromatic nitrogens is 3. The van der Waals surface area contributed by atoms with Crippen LogP contribution in [0.4, 0.5) is 5.82 Å². The van der Waals surface area contributed by atoms with E-state index >= 15 is 0 Å². The van der Waals surface area contributed by atoms with Gasteiger partial charge < -0.3 is 15.0 Å². The van der Waals surface area contributed by atoms with Gasteiger partial charge in [-0.15, -0.1) is 0 Å². The van der Waals surface area contributed by atoms with Crippen molar-refractivity contribution >= 4 is 16.9 Å². The Kier molecular flexibility index (Phi) is 2.52. The third-order valence-corrected chi connectivity index (χ3v) is 3.64. The van der Waals surface area contributed by atoms with Gasteiger partial charge >= 0.3 is 0 Å². The van der Waals surface area contributed by atoms with Gasteiger partial charge in [-0.05, 0) is 17.9 Å². The molecule has 1 aliphatic heterocycles. The molecule has 0 aliphatic carbocycles. The molecule has 0 radical (unpaired) electrons. The molecule has 96 valence electrons. The molecular formula is C13H18N4O. The summed E-state index contributed by atoms with van der Waals surface area (Å²) in [7, 11) is 0. The highest BCUT2D eigenvalue weighted by Gasteiger charge is 2.38. The van der Waals surface area contributed by atoms with Gasteiger partial charge in [0.1, 0.15) is 17.8 Å². The summed E-state index contributed by atoms with van der Waals surface area (Å²) in [4.78, 5) is 13.9. The Bertz CT molecular complexity index is 563. The number of aromatic amines is 1. The average molecular weight is 246 g/mol. The number of nitrogens with zero attached hydrogens (tertiary/aromatic N) is 3.